The van der Waals surface area contributed by atoms with E-state index in [9.17, 15) is 9.18 Å². The number of benzene rings is 1. The van der Waals surface area contributed by atoms with Crippen LogP contribution < -0.4 is 4.87 Å². The first-order valence-electron chi connectivity index (χ1n) is 6.72. The summed E-state index contributed by atoms with van der Waals surface area (Å²) < 4.78 is 16.4. The van der Waals surface area contributed by atoms with Gasteiger partial charge >= 0.3 is 4.87 Å². The van der Waals surface area contributed by atoms with Crippen molar-refractivity contribution < 1.29 is 4.39 Å². The standard InChI is InChI=1S/C14H11ClFN3OS/c15-13-7-3-1-2-4-9(7)18-19(13)11-6-10-12(5-8(11)16)21-14(20)17-10/h5-6H,1-4H2,(H,17,20). The largest absolute Gasteiger partial charge is 0.312 e. The van der Waals surface area contributed by atoms with Gasteiger partial charge in [-0.2, -0.15) is 5.10 Å². The molecule has 1 aliphatic carbocycles. The first-order valence-corrected chi connectivity index (χ1v) is 7.92. The number of aromatic amines is 1. The molecule has 0 radical (unpaired) electrons. The normalized spacial score (nSPS) is 14.6. The summed E-state index contributed by atoms with van der Waals surface area (Å²) in [6, 6.07) is 2.94. The SMILES string of the molecule is O=c1[nH]c2cc(-n3nc4c(c3Cl)CCCC4)c(F)cc2s1. The van der Waals surface area contributed by atoms with E-state index in [1.165, 1.54) is 10.7 Å². The summed E-state index contributed by atoms with van der Waals surface area (Å²) in [5.41, 5.74) is 2.84. The number of nitrogens with one attached hydrogen (secondary N) is 1. The van der Waals surface area contributed by atoms with Gasteiger partial charge in [-0.15, -0.1) is 0 Å². The Hall–Kier alpha value is -1.66. The summed E-state index contributed by atoms with van der Waals surface area (Å²) in [5.74, 6) is -0.431. The third-order valence-corrected chi connectivity index (χ3v) is 5.04. The van der Waals surface area contributed by atoms with Crippen LogP contribution in [0.25, 0.3) is 15.9 Å². The molecule has 1 aromatic carbocycles. The number of nitrogens with zero attached hydrogens (tertiary/aromatic N) is 2. The van der Waals surface area contributed by atoms with Crippen LogP contribution in [0, 0.1) is 5.82 Å². The number of hydrogen-bond donors (Lipinski definition) is 1. The Labute approximate surface area is 128 Å². The summed E-state index contributed by atoms with van der Waals surface area (Å²) in [7, 11) is 0. The number of halogens is 2. The van der Waals surface area contributed by atoms with Crippen molar-refractivity contribution in [2.45, 2.75) is 25.7 Å². The second-order valence-corrected chi connectivity index (χ2v) is 6.52. The van der Waals surface area contributed by atoms with Crippen molar-refractivity contribution in [2.75, 3.05) is 0 Å². The molecule has 1 N–H and O–H groups in total. The van der Waals surface area contributed by atoms with Crippen molar-refractivity contribution >= 4 is 33.2 Å². The zero-order valence-electron chi connectivity index (χ0n) is 10.9. The maximum atomic E-state index is 14.3. The van der Waals surface area contributed by atoms with Crippen LogP contribution in [0.2, 0.25) is 5.15 Å². The summed E-state index contributed by atoms with van der Waals surface area (Å²) in [6.07, 6.45) is 3.92. The Balaban J connectivity index is 1.95. The number of rotatable bonds is 1. The molecule has 7 heteroatoms. The van der Waals surface area contributed by atoms with E-state index in [4.69, 9.17) is 11.6 Å². The highest BCUT2D eigenvalue weighted by Gasteiger charge is 2.22. The number of aromatic nitrogens is 3. The molecule has 1 aliphatic rings. The molecule has 0 atom stereocenters. The molecule has 4 rings (SSSR count). The third-order valence-electron chi connectivity index (χ3n) is 3.81. The molecule has 0 amide bonds. The molecular formula is C14H11ClFN3OS. The van der Waals surface area contributed by atoms with E-state index in [1.807, 2.05) is 0 Å². The molecule has 108 valence electrons. The molecule has 2 heterocycles. The predicted octanol–water partition coefficient (Wildman–Crippen LogP) is 3.45. The minimum absolute atomic E-state index is 0.201. The molecule has 0 unspecified atom stereocenters. The summed E-state index contributed by atoms with van der Waals surface area (Å²) in [5, 5.41) is 4.92. The molecule has 0 saturated heterocycles. The lowest BCUT2D eigenvalue weighted by Gasteiger charge is -2.08. The zero-order chi connectivity index (χ0) is 14.6. The van der Waals surface area contributed by atoms with E-state index >= 15 is 0 Å². The fraction of sp³-hybridized carbons (Fsp3) is 0.286. The number of aryl methyl sites for hydroxylation is 1. The number of fused-ring (bicyclic) bond motifs is 2. The van der Waals surface area contributed by atoms with Crippen molar-refractivity contribution in [1.29, 1.82) is 0 Å². The average molecular weight is 324 g/mol. The van der Waals surface area contributed by atoms with E-state index in [2.05, 4.69) is 10.1 Å². The van der Waals surface area contributed by atoms with Gasteiger partial charge in [-0.05, 0) is 37.8 Å². The van der Waals surface area contributed by atoms with Gasteiger partial charge in [0.15, 0.2) is 0 Å². The van der Waals surface area contributed by atoms with Crippen molar-refractivity contribution in [2.24, 2.45) is 0 Å². The van der Waals surface area contributed by atoms with Gasteiger partial charge in [-0.25, -0.2) is 9.07 Å². The molecule has 0 bridgehead atoms. The second kappa shape index (κ2) is 4.68. The highest BCUT2D eigenvalue weighted by molar-refractivity contribution is 7.16. The summed E-state index contributed by atoms with van der Waals surface area (Å²) >= 11 is 7.36. The number of thiazole rings is 1. The molecule has 4 nitrogen and oxygen atoms in total. The van der Waals surface area contributed by atoms with Crippen LogP contribution in [0.3, 0.4) is 0 Å². The molecular weight excluding hydrogens is 313 g/mol. The maximum absolute atomic E-state index is 14.3. The van der Waals surface area contributed by atoms with Crippen LogP contribution in [-0.4, -0.2) is 14.8 Å². The highest BCUT2D eigenvalue weighted by Crippen LogP contribution is 2.31. The Kier molecular flexibility index (Phi) is 2.90. The van der Waals surface area contributed by atoms with Gasteiger partial charge in [0.05, 0.1) is 15.9 Å². The van der Waals surface area contributed by atoms with Gasteiger partial charge < -0.3 is 4.98 Å². The molecule has 0 aliphatic heterocycles. The summed E-state index contributed by atoms with van der Waals surface area (Å²) in [6.45, 7) is 0. The monoisotopic (exact) mass is 323 g/mol. The van der Waals surface area contributed by atoms with E-state index in [0.29, 0.717) is 15.4 Å². The molecule has 0 saturated carbocycles. The van der Waals surface area contributed by atoms with E-state index in [0.717, 1.165) is 48.3 Å². The van der Waals surface area contributed by atoms with Crippen LogP contribution in [0.5, 0.6) is 0 Å². The van der Waals surface area contributed by atoms with Crippen LogP contribution in [0.15, 0.2) is 16.9 Å². The molecule has 2 aromatic heterocycles. The fourth-order valence-corrected chi connectivity index (χ4v) is 3.87. The minimum atomic E-state index is -0.431. The highest BCUT2D eigenvalue weighted by atomic mass is 35.5. The Morgan fingerprint density at radius 2 is 2.14 bits per heavy atom. The van der Waals surface area contributed by atoms with Gasteiger partial charge in [0.2, 0.25) is 0 Å². The minimum Gasteiger partial charge on any atom is -0.312 e. The van der Waals surface area contributed by atoms with Crippen molar-refractivity contribution in [3.63, 3.8) is 0 Å². The predicted molar refractivity (Wildman–Crippen MR) is 81.2 cm³/mol. The quantitative estimate of drug-likeness (QED) is 0.745. The number of H-pyrrole nitrogens is 1. The maximum Gasteiger partial charge on any atom is 0.305 e. The molecule has 0 fully saturated rings. The van der Waals surface area contributed by atoms with Gasteiger partial charge in [0.25, 0.3) is 0 Å². The Morgan fingerprint density at radius 1 is 1.33 bits per heavy atom. The average Bonchev–Trinajstić information content (AvgIpc) is 2.98. The summed E-state index contributed by atoms with van der Waals surface area (Å²) in [4.78, 5) is 13.9. The van der Waals surface area contributed by atoms with Gasteiger partial charge in [0.1, 0.15) is 16.7 Å². The molecule has 0 spiro atoms. The molecule has 21 heavy (non-hydrogen) atoms. The lowest BCUT2D eigenvalue weighted by molar-refractivity contribution is 0.611. The second-order valence-electron chi connectivity index (χ2n) is 5.15. The van der Waals surface area contributed by atoms with Crippen molar-refractivity contribution in [3.05, 3.63) is 44.0 Å². The Morgan fingerprint density at radius 3 is 2.95 bits per heavy atom. The number of hydrogen-bond acceptors (Lipinski definition) is 3. The first-order chi connectivity index (χ1) is 10.1. The molecule has 3 aromatic rings. The van der Waals surface area contributed by atoms with Gasteiger partial charge in [-0.1, -0.05) is 22.9 Å². The zero-order valence-corrected chi connectivity index (χ0v) is 12.5. The van der Waals surface area contributed by atoms with Gasteiger partial charge in [0, 0.05) is 5.56 Å². The van der Waals surface area contributed by atoms with Gasteiger partial charge in [-0.3, -0.25) is 4.79 Å². The van der Waals surface area contributed by atoms with Crippen molar-refractivity contribution in [1.82, 2.24) is 14.8 Å². The van der Waals surface area contributed by atoms with Crippen molar-refractivity contribution in [3.8, 4) is 5.69 Å². The fourth-order valence-electron chi connectivity index (χ4n) is 2.80. The van der Waals surface area contributed by atoms with E-state index in [1.54, 1.807) is 6.07 Å². The van der Waals surface area contributed by atoms with Crippen LogP contribution in [0.4, 0.5) is 4.39 Å². The topological polar surface area (TPSA) is 50.7 Å². The van der Waals surface area contributed by atoms with Crippen LogP contribution in [-0.2, 0) is 12.8 Å². The third kappa shape index (κ3) is 2.01. The van der Waals surface area contributed by atoms with E-state index in [-0.39, 0.29) is 10.6 Å². The smallest absolute Gasteiger partial charge is 0.305 e. The van der Waals surface area contributed by atoms with Crippen LogP contribution in [0.1, 0.15) is 24.1 Å². The van der Waals surface area contributed by atoms with Crippen LogP contribution >= 0.6 is 22.9 Å². The first kappa shape index (κ1) is 13.0. The van der Waals surface area contributed by atoms with E-state index < -0.39 is 5.82 Å². The Bertz CT molecular complexity index is 911. The lowest BCUT2D eigenvalue weighted by atomic mass is 9.99. The lowest BCUT2D eigenvalue weighted by Crippen LogP contribution is -2.01.